The highest BCUT2D eigenvalue weighted by molar-refractivity contribution is 6.04. The molecule has 24 heavy (non-hydrogen) atoms. The van der Waals surface area contributed by atoms with Gasteiger partial charge in [-0.2, -0.15) is 0 Å². The van der Waals surface area contributed by atoms with E-state index in [1.54, 1.807) is 38.1 Å². The Morgan fingerprint density at radius 3 is 2.62 bits per heavy atom. The first-order chi connectivity index (χ1) is 11.5. The molecule has 1 heterocycles. The second-order valence-electron chi connectivity index (χ2n) is 5.13. The number of rotatable bonds is 6. The number of esters is 1. The third-order valence-corrected chi connectivity index (χ3v) is 3.22. The molecule has 0 radical (unpaired) electrons. The van der Waals surface area contributed by atoms with Crippen LogP contribution in [0.5, 0.6) is 0 Å². The number of benzene rings is 1. The maximum absolute atomic E-state index is 12.2. The molecule has 2 aromatic rings. The van der Waals surface area contributed by atoms with Gasteiger partial charge >= 0.3 is 5.97 Å². The minimum atomic E-state index is -0.607. The number of aryl methyl sites for hydroxylation is 1. The zero-order valence-corrected chi connectivity index (χ0v) is 13.6. The van der Waals surface area contributed by atoms with Crippen molar-refractivity contribution in [3.8, 4) is 0 Å². The van der Waals surface area contributed by atoms with Crippen molar-refractivity contribution >= 4 is 28.7 Å². The van der Waals surface area contributed by atoms with Crippen molar-refractivity contribution in [3.63, 3.8) is 0 Å². The summed E-state index contributed by atoms with van der Waals surface area (Å²) in [5, 5.41) is 5.59. The molecule has 0 atom stereocenters. The van der Waals surface area contributed by atoms with Gasteiger partial charge in [0.25, 0.3) is 5.91 Å². The third-order valence-electron chi connectivity index (χ3n) is 3.22. The smallest absolute Gasteiger partial charge is 0.339 e. The maximum Gasteiger partial charge on any atom is 0.339 e. The van der Waals surface area contributed by atoms with Crippen molar-refractivity contribution < 1.29 is 19.1 Å². The van der Waals surface area contributed by atoms with E-state index in [2.05, 4.69) is 15.6 Å². The molecule has 0 spiro atoms. The van der Waals surface area contributed by atoms with Crippen LogP contribution in [0.3, 0.4) is 0 Å². The summed E-state index contributed by atoms with van der Waals surface area (Å²) in [7, 11) is 0. The van der Waals surface area contributed by atoms with Gasteiger partial charge in [0, 0.05) is 17.6 Å². The van der Waals surface area contributed by atoms with E-state index < -0.39 is 18.5 Å². The summed E-state index contributed by atoms with van der Waals surface area (Å²) in [4.78, 5) is 39.5. The van der Waals surface area contributed by atoms with Crippen LogP contribution in [0.15, 0.2) is 30.3 Å². The number of nitrogens with zero attached hydrogens (tertiary/aromatic N) is 1. The lowest BCUT2D eigenvalue weighted by atomic mass is 10.1. The SMILES string of the molecule is CCNC(=O)CNC(=O)COC(=O)c1cc(C)nc2ccccc12. The first-order valence-electron chi connectivity index (χ1n) is 7.58. The minimum Gasteiger partial charge on any atom is -0.452 e. The zero-order valence-electron chi connectivity index (χ0n) is 13.6. The predicted octanol–water partition coefficient (Wildman–Crippen LogP) is 0.952. The van der Waals surface area contributed by atoms with Crippen molar-refractivity contribution in [3.05, 3.63) is 41.6 Å². The molecule has 2 rings (SSSR count). The summed E-state index contributed by atoms with van der Waals surface area (Å²) >= 11 is 0. The number of nitrogens with one attached hydrogen (secondary N) is 2. The van der Waals surface area contributed by atoms with Crippen molar-refractivity contribution in [2.24, 2.45) is 0 Å². The largest absolute Gasteiger partial charge is 0.452 e. The van der Waals surface area contributed by atoms with Crippen LogP contribution < -0.4 is 10.6 Å². The molecular weight excluding hydrogens is 310 g/mol. The van der Waals surface area contributed by atoms with Gasteiger partial charge < -0.3 is 15.4 Å². The summed E-state index contributed by atoms with van der Waals surface area (Å²) in [6.45, 7) is 3.44. The van der Waals surface area contributed by atoms with Crippen molar-refractivity contribution in [1.29, 1.82) is 0 Å². The maximum atomic E-state index is 12.2. The Bertz CT molecular complexity index is 774. The molecule has 7 heteroatoms. The fourth-order valence-electron chi connectivity index (χ4n) is 2.18. The number of amides is 2. The van der Waals surface area contributed by atoms with Crippen molar-refractivity contribution in [2.45, 2.75) is 13.8 Å². The monoisotopic (exact) mass is 329 g/mol. The van der Waals surface area contributed by atoms with Gasteiger partial charge in [-0.1, -0.05) is 18.2 Å². The highest BCUT2D eigenvalue weighted by atomic mass is 16.5. The van der Waals surface area contributed by atoms with Crippen LogP contribution >= 0.6 is 0 Å². The van der Waals surface area contributed by atoms with Gasteiger partial charge in [-0.3, -0.25) is 14.6 Å². The van der Waals surface area contributed by atoms with Gasteiger partial charge in [-0.05, 0) is 26.0 Å². The number of aromatic nitrogens is 1. The number of ether oxygens (including phenoxy) is 1. The number of para-hydroxylation sites is 1. The summed E-state index contributed by atoms with van der Waals surface area (Å²) in [5.41, 5.74) is 1.72. The van der Waals surface area contributed by atoms with E-state index in [0.717, 1.165) is 0 Å². The topological polar surface area (TPSA) is 97.4 Å². The number of likely N-dealkylation sites (N-methyl/N-ethyl adjacent to an activating group) is 1. The van der Waals surface area contributed by atoms with Gasteiger partial charge in [-0.25, -0.2) is 4.79 Å². The molecule has 126 valence electrons. The van der Waals surface area contributed by atoms with Crippen molar-refractivity contribution in [1.82, 2.24) is 15.6 Å². The van der Waals surface area contributed by atoms with E-state index in [-0.39, 0.29) is 12.5 Å². The number of carbonyl (C=O) groups excluding carboxylic acids is 3. The molecule has 2 amide bonds. The lowest BCUT2D eigenvalue weighted by molar-refractivity contribution is -0.127. The molecule has 1 aromatic heterocycles. The summed E-state index contributed by atoms with van der Waals surface area (Å²) in [6, 6.07) is 8.83. The fourth-order valence-corrected chi connectivity index (χ4v) is 2.18. The van der Waals surface area contributed by atoms with Crippen LogP contribution in [0, 0.1) is 6.92 Å². The van der Waals surface area contributed by atoms with Crippen LogP contribution in [0.25, 0.3) is 10.9 Å². The average molecular weight is 329 g/mol. The predicted molar refractivity (Wildman–Crippen MR) is 88.5 cm³/mol. The van der Waals surface area contributed by atoms with Crippen molar-refractivity contribution in [2.75, 3.05) is 19.7 Å². The van der Waals surface area contributed by atoms with E-state index in [9.17, 15) is 14.4 Å². The molecule has 0 bridgehead atoms. The lowest BCUT2D eigenvalue weighted by Crippen LogP contribution is -2.38. The van der Waals surface area contributed by atoms with Gasteiger partial charge in [0.15, 0.2) is 6.61 Å². The van der Waals surface area contributed by atoms with Gasteiger partial charge in [0.2, 0.25) is 5.91 Å². The summed E-state index contributed by atoms with van der Waals surface area (Å²) < 4.78 is 5.03. The number of pyridine rings is 1. The van der Waals surface area contributed by atoms with Crippen LogP contribution in [-0.4, -0.2) is 42.5 Å². The Kier molecular flexibility index (Phi) is 5.83. The van der Waals surface area contributed by atoms with E-state index >= 15 is 0 Å². The first kappa shape index (κ1) is 17.4. The lowest BCUT2D eigenvalue weighted by Gasteiger charge is -2.09. The zero-order chi connectivity index (χ0) is 17.5. The normalized spacial score (nSPS) is 10.2. The molecule has 0 aliphatic carbocycles. The Morgan fingerprint density at radius 2 is 1.88 bits per heavy atom. The van der Waals surface area contributed by atoms with Gasteiger partial charge in [0.05, 0.1) is 17.6 Å². The van der Waals surface area contributed by atoms with Crippen LogP contribution in [-0.2, 0) is 14.3 Å². The fraction of sp³-hybridized carbons (Fsp3) is 0.294. The van der Waals surface area contributed by atoms with Gasteiger partial charge in [-0.15, -0.1) is 0 Å². The number of hydrogen-bond donors (Lipinski definition) is 2. The molecule has 0 aliphatic rings. The van der Waals surface area contributed by atoms with Crippen LogP contribution in [0.4, 0.5) is 0 Å². The first-order valence-corrected chi connectivity index (χ1v) is 7.58. The Labute approximate surface area is 139 Å². The Hall–Kier alpha value is -2.96. The third kappa shape index (κ3) is 4.52. The number of carbonyl (C=O) groups is 3. The minimum absolute atomic E-state index is 0.151. The molecule has 0 saturated carbocycles. The van der Waals surface area contributed by atoms with Gasteiger partial charge in [0.1, 0.15) is 0 Å². The highest BCUT2D eigenvalue weighted by Gasteiger charge is 2.15. The molecule has 0 fully saturated rings. The highest BCUT2D eigenvalue weighted by Crippen LogP contribution is 2.18. The summed E-state index contributed by atoms with van der Waals surface area (Å²) in [5.74, 6) is -1.44. The molecule has 0 aliphatic heterocycles. The molecule has 7 nitrogen and oxygen atoms in total. The second-order valence-corrected chi connectivity index (χ2v) is 5.13. The average Bonchev–Trinajstić information content (AvgIpc) is 2.57. The number of hydrogen-bond acceptors (Lipinski definition) is 5. The van der Waals surface area contributed by atoms with E-state index in [4.69, 9.17) is 4.74 Å². The van der Waals surface area contributed by atoms with Crippen LogP contribution in [0.2, 0.25) is 0 Å². The number of fused-ring (bicyclic) bond motifs is 1. The Morgan fingerprint density at radius 1 is 1.12 bits per heavy atom. The summed E-state index contributed by atoms with van der Waals surface area (Å²) in [6.07, 6.45) is 0. The van der Waals surface area contributed by atoms with E-state index in [1.165, 1.54) is 0 Å². The second kappa shape index (κ2) is 8.05. The van der Waals surface area contributed by atoms with E-state index in [1.807, 2.05) is 6.07 Å². The van der Waals surface area contributed by atoms with Crippen LogP contribution in [0.1, 0.15) is 23.0 Å². The molecule has 0 saturated heterocycles. The molecule has 1 aromatic carbocycles. The standard InChI is InChI=1S/C17H19N3O4/c1-3-18-15(21)9-19-16(22)10-24-17(23)13-8-11(2)20-14-7-5-4-6-12(13)14/h4-8H,3,9-10H2,1-2H3,(H,18,21)(H,19,22). The molecule has 0 unspecified atom stereocenters. The molecule has 2 N–H and O–H groups in total. The van der Waals surface area contributed by atoms with E-state index in [0.29, 0.717) is 28.7 Å². The molecular formula is C17H19N3O4. The Balaban J connectivity index is 1.98. The quantitative estimate of drug-likeness (QED) is 0.769.